The van der Waals surface area contributed by atoms with Gasteiger partial charge in [-0.25, -0.2) is 10.4 Å². The minimum absolute atomic E-state index is 0.0715. The van der Waals surface area contributed by atoms with Crippen molar-refractivity contribution in [2.45, 2.75) is 19.4 Å². The van der Waals surface area contributed by atoms with E-state index in [2.05, 4.69) is 26.5 Å². The molecular formula is C19H23N5O2. The third-order valence-electron chi connectivity index (χ3n) is 4.28. The second kappa shape index (κ2) is 8.55. The Morgan fingerprint density at radius 3 is 2.73 bits per heavy atom. The van der Waals surface area contributed by atoms with Gasteiger partial charge in [0.25, 0.3) is 0 Å². The number of aromatic nitrogens is 1. The van der Waals surface area contributed by atoms with Crippen LogP contribution in [0, 0.1) is 12.8 Å². The summed E-state index contributed by atoms with van der Waals surface area (Å²) in [7, 11) is 0. The molecular weight excluding hydrogens is 330 g/mol. The lowest BCUT2D eigenvalue weighted by atomic mass is 9.94. The quantitative estimate of drug-likeness (QED) is 0.628. The van der Waals surface area contributed by atoms with Crippen LogP contribution in [0.2, 0.25) is 0 Å². The summed E-state index contributed by atoms with van der Waals surface area (Å²) in [6.07, 6.45) is 0.199. The number of anilines is 1. The predicted molar refractivity (Wildman–Crippen MR) is 99.0 cm³/mol. The van der Waals surface area contributed by atoms with Crippen LogP contribution in [0.25, 0.3) is 0 Å². The van der Waals surface area contributed by atoms with E-state index in [4.69, 9.17) is 0 Å². The van der Waals surface area contributed by atoms with E-state index in [1.165, 1.54) is 0 Å². The zero-order valence-corrected chi connectivity index (χ0v) is 14.7. The molecule has 26 heavy (non-hydrogen) atoms. The van der Waals surface area contributed by atoms with Crippen molar-refractivity contribution in [3.8, 4) is 0 Å². The maximum Gasteiger partial charge on any atom is 0.227 e. The van der Waals surface area contributed by atoms with Crippen LogP contribution in [0.1, 0.15) is 23.7 Å². The molecule has 136 valence electrons. The minimum atomic E-state index is -0.223. The molecule has 0 radical (unpaired) electrons. The topological polar surface area (TPSA) is 95.2 Å². The number of nitrogens with one attached hydrogen (secondary N) is 4. The van der Waals surface area contributed by atoms with Gasteiger partial charge in [0, 0.05) is 25.2 Å². The van der Waals surface area contributed by atoms with Crippen LogP contribution in [0.3, 0.4) is 0 Å². The summed E-state index contributed by atoms with van der Waals surface area (Å²) in [6.45, 7) is 2.70. The number of hydrazine groups is 1. The first-order valence-electron chi connectivity index (χ1n) is 8.68. The number of rotatable bonds is 6. The zero-order valence-electron chi connectivity index (χ0n) is 14.7. The molecule has 2 unspecified atom stereocenters. The number of carbonyl (C=O) groups is 2. The van der Waals surface area contributed by atoms with Crippen LogP contribution >= 0.6 is 0 Å². The Hall–Kier alpha value is -2.77. The highest BCUT2D eigenvalue weighted by Gasteiger charge is 2.33. The molecule has 7 nitrogen and oxygen atoms in total. The molecule has 1 aromatic carbocycles. The maximum atomic E-state index is 12.5. The van der Waals surface area contributed by atoms with Crippen molar-refractivity contribution in [2.75, 3.05) is 18.4 Å². The van der Waals surface area contributed by atoms with E-state index >= 15 is 0 Å². The summed E-state index contributed by atoms with van der Waals surface area (Å²) in [5.74, 6) is 0.0528. The Bertz CT molecular complexity index is 766. The number of hydrogen-bond donors (Lipinski definition) is 4. The molecule has 1 fully saturated rings. The highest BCUT2D eigenvalue weighted by Crippen LogP contribution is 2.24. The molecule has 2 amide bonds. The second-order valence-electron chi connectivity index (χ2n) is 6.27. The van der Waals surface area contributed by atoms with Gasteiger partial charge in [-0.05, 0) is 24.6 Å². The summed E-state index contributed by atoms with van der Waals surface area (Å²) >= 11 is 0. The van der Waals surface area contributed by atoms with Crippen LogP contribution < -0.4 is 21.5 Å². The highest BCUT2D eigenvalue weighted by atomic mass is 16.2. The van der Waals surface area contributed by atoms with Crippen molar-refractivity contribution in [3.63, 3.8) is 0 Å². The predicted octanol–water partition coefficient (Wildman–Crippen LogP) is 1.30. The monoisotopic (exact) mass is 353 g/mol. The molecule has 1 saturated heterocycles. The number of pyridine rings is 1. The van der Waals surface area contributed by atoms with Gasteiger partial charge in [0.2, 0.25) is 11.8 Å². The van der Waals surface area contributed by atoms with E-state index in [0.717, 1.165) is 11.3 Å². The first kappa shape index (κ1) is 18.0. The van der Waals surface area contributed by atoms with Gasteiger partial charge >= 0.3 is 0 Å². The first-order chi connectivity index (χ1) is 12.6. The van der Waals surface area contributed by atoms with E-state index in [9.17, 15) is 9.59 Å². The largest absolute Gasteiger partial charge is 0.355 e. The first-order valence-corrected chi connectivity index (χ1v) is 8.68. The molecule has 2 aromatic rings. The molecule has 0 spiro atoms. The van der Waals surface area contributed by atoms with Crippen molar-refractivity contribution in [3.05, 3.63) is 59.8 Å². The Balaban J connectivity index is 1.47. The lowest BCUT2D eigenvalue weighted by molar-refractivity contribution is -0.125. The van der Waals surface area contributed by atoms with Crippen molar-refractivity contribution in [1.82, 2.24) is 21.2 Å². The van der Waals surface area contributed by atoms with Crippen LogP contribution in [0.4, 0.5) is 5.82 Å². The fourth-order valence-electron chi connectivity index (χ4n) is 2.97. The third kappa shape index (κ3) is 4.65. The van der Waals surface area contributed by atoms with Gasteiger partial charge in [0.15, 0.2) is 0 Å². The van der Waals surface area contributed by atoms with Gasteiger partial charge < -0.3 is 10.6 Å². The molecule has 4 N–H and O–H groups in total. The molecule has 2 heterocycles. The lowest BCUT2D eigenvalue weighted by Crippen LogP contribution is -2.36. The number of carbonyl (C=O) groups excluding carboxylic acids is 2. The van der Waals surface area contributed by atoms with Gasteiger partial charge in [0.1, 0.15) is 5.82 Å². The van der Waals surface area contributed by atoms with Gasteiger partial charge in [-0.2, -0.15) is 0 Å². The van der Waals surface area contributed by atoms with Gasteiger partial charge in [-0.3, -0.25) is 15.0 Å². The van der Waals surface area contributed by atoms with E-state index in [1.54, 1.807) is 6.07 Å². The Kier molecular flexibility index (Phi) is 5.93. The summed E-state index contributed by atoms with van der Waals surface area (Å²) in [5, 5.41) is 5.59. The average molecular weight is 353 g/mol. The SMILES string of the molecule is Cc1cccc(NC(=O)CCNC(=O)C2CNNC2c2ccccc2)n1. The number of aryl methyl sites for hydroxylation is 1. The number of hydrogen-bond acceptors (Lipinski definition) is 5. The maximum absolute atomic E-state index is 12.5. The van der Waals surface area contributed by atoms with Crippen LogP contribution in [0.15, 0.2) is 48.5 Å². The Morgan fingerprint density at radius 1 is 1.15 bits per heavy atom. The number of nitrogens with zero attached hydrogens (tertiary/aromatic N) is 1. The summed E-state index contributed by atoms with van der Waals surface area (Å²) in [6, 6.07) is 15.2. The molecule has 3 rings (SSSR count). The molecule has 2 atom stereocenters. The zero-order chi connectivity index (χ0) is 18.4. The van der Waals surface area contributed by atoms with Crippen molar-refractivity contribution >= 4 is 17.6 Å². The molecule has 0 aliphatic carbocycles. The van der Waals surface area contributed by atoms with Crippen molar-refractivity contribution < 1.29 is 9.59 Å². The van der Waals surface area contributed by atoms with Crippen molar-refractivity contribution in [2.24, 2.45) is 5.92 Å². The summed E-state index contributed by atoms with van der Waals surface area (Å²) in [4.78, 5) is 28.7. The Labute approximate surface area is 152 Å². The van der Waals surface area contributed by atoms with E-state index in [1.807, 2.05) is 49.4 Å². The lowest BCUT2D eigenvalue weighted by Gasteiger charge is -2.18. The highest BCUT2D eigenvalue weighted by molar-refractivity contribution is 5.90. The molecule has 1 aromatic heterocycles. The fourth-order valence-corrected chi connectivity index (χ4v) is 2.97. The molecule has 0 bridgehead atoms. The van der Waals surface area contributed by atoms with Gasteiger partial charge in [-0.1, -0.05) is 36.4 Å². The third-order valence-corrected chi connectivity index (χ3v) is 4.28. The fraction of sp³-hybridized carbons (Fsp3) is 0.316. The normalized spacial score (nSPS) is 19.1. The smallest absolute Gasteiger partial charge is 0.227 e. The minimum Gasteiger partial charge on any atom is -0.355 e. The molecule has 1 aliphatic rings. The molecule has 0 saturated carbocycles. The van der Waals surface area contributed by atoms with Crippen LogP contribution in [-0.4, -0.2) is 29.9 Å². The number of amides is 2. The summed E-state index contributed by atoms with van der Waals surface area (Å²) < 4.78 is 0. The average Bonchev–Trinajstić information content (AvgIpc) is 3.12. The van der Waals surface area contributed by atoms with E-state index in [-0.39, 0.29) is 36.7 Å². The van der Waals surface area contributed by atoms with Crippen molar-refractivity contribution in [1.29, 1.82) is 0 Å². The molecule has 7 heteroatoms. The second-order valence-corrected chi connectivity index (χ2v) is 6.27. The van der Waals surface area contributed by atoms with E-state index in [0.29, 0.717) is 12.4 Å². The molecule has 1 aliphatic heterocycles. The van der Waals surface area contributed by atoms with Gasteiger partial charge in [0.05, 0.1) is 12.0 Å². The van der Waals surface area contributed by atoms with E-state index < -0.39 is 0 Å². The summed E-state index contributed by atoms with van der Waals surface area (Å²) in [5.41, 5.74) is 8.08. The van der Waals surface area contributed by atoms with Crippen LogP contribution in [0.5, 0.6) is 0 Å². The van der Waals surface area contributed by atoms with Gasteiger partial charge in [-0.15, -0.1) is 0 Å². The standard InChI is InChI=1S/C19H23N5O2/c1-13-6-5-9-16(22-13)23-17(25)10-11-20-19(26)15-12-21-24-18(15)14-7-3-2-4-8-14/h2-9,15,18,21,24H,10-12H2,1H3,(H,20,26)(H,22,23,25). The number of benzene rings is 1. The van der Waals surface area contributed by atoms with Crippen LogP contribution in [-0.2, 0) is 9.59 Å². The Morgan fingerprint density at radius 2 is 1.96 bits per heavy atom.